The minimum atomic E-state index is -0.463. The van der Waals surface area contributed by atoms with Crippen LogP contribution in [0.25, 0.3) is 11.1 Å². The average Bonchev–Trinajstić information content (AvgIpc) is 3.36. The van der Waals surface area contributed by atoms with Gasteiger partial charge in [-0.15, -0.1) is 0 Å². The van der Waals surface area contributed by atoms with E-state index in [0.29, 0.717) is 0 Å². The number of nitrogens with zero attached hydrogens (tertiary/aromatic N) is 2. The van der Waals surface area contributed by atoms with Crippen LogP contribution in [0.2, 0.25) is 0 Å². The Morgan fingerprint density at radius 2 is 1.66 bits per heavy atom. The zero-order valence-corrected chi connectivity index (χ0v) is 21.6. The molecule has 1 aromatic heterocycles. The molecule has 6 nitrogen and oxygen atoms in total. The smallest absolute Gasteiger partial charge is 0.245 e. The van der Waals surface area contributed by atoms with Gasteiger partial charge < -0.3 is 15.5 Å². The number of pyridine rings is 1. The Kier molecular flexibility index (Phi) is 8.22. The van der Waals surface area contributed by atoms with Crippen LogP contribution in [0.4, 0.5) is 0 Å². The van der Waals surface area contributed by atoms with E-state index in [9.17, 15) is 9.59 Å². The summed E-state index contributed by atoms with van der Waals surface area (Å²) in [6.07, 6.45) is 11.1. The summed E-state index contributed by atoms with van der Waals surface area (Å²) in [6, 6.07) is 7.93. The van der Waals surface area contributed by atoms with Gasteiger partial charge in [0.1, 0.15) is 6.04 Å². The van der Waals surface area contributed by atoms with Crippen molar-refractivity contribution in [3.63, 3.8) is 0 Å². The van der Waals surface area contributed by atoms with Crippen molar-refractivity contribution in [2.75, 3.05) is 13.6 Å². The number of nitrogens with one attached hydrogen (secondary N) is 2. The number of likely N-dealkylation sites (tertiary alicyclic amines) is 1. The molecule has 2 fully saturated rings. The van der Waals surface area contributed by atoms with Crippen molar-refractivity contribution < 1.29 is 9.59 Å². The number of aryl methyl sites for hydroxylation is 2. The molecule has 2 aromatic rings. The molecule has 188 valence electrons. The first-order valence-electron chi connectivity index (χ1n) is 13.2. The fourth-order valence-corrected chi connectivity index (χ4v) is 5.75. The molecular formula is C29H40N4O2. The highest BCUT2D eigenvalue weighted by atomic mass is 16.2. The van der Waals surface area contributed by atoms with E-state index in [1.54, 1.807) is 7.05 Å². The number of carbonyl (C=O) groups excluding carboxylic acids is 2. The van der Waals surface area contributed by atoms with Crippen molar-refractivity contribution in [1.29, 1.82) is 0 Å². The van der Waals surface area contributed by atoms with Crippen LogP contribution >= 0.6 is 0 Å². The lowest BCUT2D eigenvalue weighted by Crippen LogP contribution is -2.55. The van der Waals surface area contributed by atoms with Crippen LogP contribution in [-0.2, 0) is 9.59 Å². The van der Waals surface area contributed by atoms with E-state index in [4.69, 9.17) is 0 Å². The number of hydrogen-bond acceptors (Lipinski definition) is 4. The summed E-state index contributed by atoms with van der Waals surface area (Å²) in [5.41, 5.74) is 5.76. The Morgan fingerprint density at radius 3 is 2.34 bits per heavy atom. The van der Waals surface area contributed by atoms with Crippen molar-refractivity contribution in [3.05, 3.63) is 53.3 Å². The first-order chi connectivity index (χ1) is 16.9. The largest absolute Gasteiger partial charge is 0.343 e. The summed E-state index contributed by atoms with van der Waals surface area (Å²) in [6.45, 7) is 6.78. The van der Waals surface area contributed by atoms with Crippen LogP contribution in [0.1, 0.15) is 74.6 Å². The van der Waals surface area contributed by atoms with E-state index in [0.717, 1.165) is 61.8 Å². The lowest BCUT2D eigenvalue weighted by molar-refractivity contribution is -0.139. The maximum Gasteiger partial charge on any atom is 0.245 e. The Hall–Kier alpha value is -2.73. The molecule has 1 aromatic carbocycles. The molecule has 4 rings (SSSR count). The Labute approximate surface area is 209 Å². The maximum atomic E-state index is 14.0. The van der Waals surface area contributed by atoms with Gasteiger partial charge in [-0.05, 0) is 76.6 Å². The molecule has 2 amide bonds. The molecule has 3 atom stereocenters. The summed E-state index contributed by atoms with van der Waals surface area (Å²) in [7, 11) is 1.77. The van der Waals surface area contributed by atoms with Gasteiger partial charge in [-0.1, -0.05) is 48.6 Å². The highest BCUT2D eigenvalue weighted by Gasteiger charge is 2.39. The topological polar surface area (TPSA) is 74.3 Å². The maximum absolute atomic E-state index is 14.0. The zero-order valence-electron chi connectivity index (χ0n) is 21.6. The summed E-state index contributed by atoms with van der Waals surface area (Å²) in [5.74, 6) is 0.156. The van der Waals surface area contributed by atoms with E-state index < -0.39 is 6.04 Å². The molecule has 2 heterocycles. The Bertz CT molecular complexity index is 1030. The number of rotatable bonds is 7. The summed E-state index contributed by atoms with van der Waals surface area (Å²) in [5, 5.41) is 6.13. The number of benzene rings is 1. The predicted molar refractivity (Wildman–Crippen MR) is 140 cm³/mol. The lowest BCUT2D eigenvalue weighted by atomic mass is 9.83. The number of amides is 2. The van der Waals surface area contributed by atoms with Crippen molar-refractivity contribution in [3.8, 4) is 11.1 Å². The number of aromatic nitrogens is 1. The molecule has 3 unspecified atom stereocenters. The van der Waals surface area contributed by atoms with Gasteiger partial charge in [-0.25, -0.2) is 0 Å². The van der Waals surface area contributed by atoms with Crippen LogP contribution in [-0.4, -0.2) is 47.4 Å². The second kappa shape index (κ2) is 11.3. The first kappa shape index (κ1) is 25.4. The van der Waals surface area contributed by atoms with Crippen molar-refractivity contribution in [2.24, 2.45) is 5.92 Å². The monoisotopic (exact) mass is 476 g/mol. The minimum absolute atomic E-state index is 0.00873. The van der Waals surface area contributed by atoms with E-state index in [2.05, 4.69) is 53.7 Å². The van der Waals surface area contributed by atoms with Gasteiger partial charge in [0, 0.05) is 24.5 Å². The SMILES string of the molecule is CNC(C)C(=O)NC(C(=O)N1CCCC1c1cncc(-c2cc(C)cc(C)c2)c1)C1CCCCC1. The quantitative estimate of drug-likeness (QED) is 0.607. The van der Waals surface area contributed by atoms with Crippen LogP contribution in [0.5, 0.6) is 0 Å². The molecule has 0 bridgehead atoms. The van der Waals surface area contributed by atoms with Crippen LogP contribution in [0, 0.1) is 19.8 Å². The van der Waals surface area contributed by atoms with Gasteiger partial charge in [-0.2, -0.15) is 0 Å². The standard InChI is InChI=1S/C29H40N4O2/c1-19-13-20(2)15-23(14-19)24-16-25(18-31-17-24)26-11-8-12-33(26)29(35)27(22-9-6-5-7-10-22)32-28(34)21(3)30-4/h13-18,21-22,26-27,30H,5-12H2,1-4H3,(H,32,34). The molecule has 2 N–H and O–H groups in total. The zero-order chi connectivity index (χ0) is 24.9. The average molecular weight is 477 g/mol. The number of likely N-dealkylation sites (N-methyl/N-ethyl adjacent to an activating group) is 1. The van der Waals surface area contributed by atoms with Crippen LogP contribution in [0.15, 0.2) is 36.7 Å². The van der Waals surface area contributed by atoms with Gasteiger partial charge in [0.2, 0.25) is 11.8 Å². The van der Waals surface area contributed by atoms with Crippen molar-refractivity contribution in [2.45, 2.75) is 83.8 Å². The Morgan fingerprint density at radius 1 is 0.943 bits per heavy atom. The molecule has 1 aliphatic heterocycles. The fourth-order valence-electron chi connectivity index (χ4n) is 5.75. The third-order valence-electron chi connectivity index (χ3n) is 7.75. The van der Waals surface area contributed by atoms with Gasteiger partial charge >= 0.3 is 0 Å². The fraction of sp³-hybridized carbons (Fsp3) is 0.552. The highest BCUT2D eigenvalue weighted by molar-refractivity contribution is 5.90. The van der Waals surface area contributed by atoms with E-state index in [-0.39, 0.29) is 29.8 Å². The first-order valence-corrected chi connectivity index (χ1v) is 13.2. The molecule has 1 saturated heterocycles. The third kappa shape index (κ3) is 5.92. The van der Waals surface area contributed by atoms with Crippen molar-refractivity contribution in [1.82, 2.24) is 20.5 Å². The second-order valence-corrected chi connectivity index (χ2v) is 10.5. The van der Waals surface area contributed by atoms with E-state index in [1.807, 2.05) is 24.2 Å². The predicted octanol–water partition coefficient (Wildman–Crippen LogP) is 4.70. The molecule has 2 aliphatic rings. The molecule has 0 spiro atoms. The summed E-state index contributed by atoms with van der Waals surface area (Å²) < 4.78 is 0. The Balaban J connectivity index is 1.59. The van der Waals surface area contributed by atoms with E-state index >= 15 is 0 Å². The highest BCUT2D eigenvalue weighted by Crippen LogP contribution is 2.36. The molecule has 1 aliphatic carbocycles. The second-order valence-electron chi connectivity index (χ2n) is 10.5. The molecule has 1 saturated carbocycles. The van der Waals surface area contributed by atoms with Crippen LogP contribution in [0.3, 0.4) is 0 Å². The lowest BCUT2D eigenvalue weighted by Gasteiger charge is -2.35. The number of hydrogen-bond donors (Lipinski definition) is 2. The van der Waals surface area contributed by atoms with Gasteiger partial charge in [0.25, 0.3) is 0 Å². The van der Waals surface area contributed by atoms with Gasteiger partial charge in [0.15, 0.2) is 0 Å². The normalized spacial score (nSPS) is 20.5. The number of carbonyl (C=O) groups is 2. The summed E-state index contributed by atoms with van der Waals surface area (Å²) >= 11 is 0. The summed E-state index contributed by atoms with van der Waals surface area (Å²) in [4.78, 5) is 33.4. The molecular weight excluding hydrogens is 436 g/mol. The minimum Gasteiger partial charge on any atom is -0.343 e. The molecule has 6 heteroatoms. The third-order valence-corrected chi connectivity index (χ3v) is 7.75. The van der Waals surface area contributed by atoms with E-state index in [1.165, 1.54) is 17.5 Å². The molecule has 35 heavy (non-hydrogen) atoms. The van der Waals surface area contributed by atoms with Gasteiger partial charge in [-0.3, -0.25) is 14.6 Å². The molecule has 0 radical (unpaired) electrons. The van der Waals surface area contributed by atoms with Crippen molar-refractivity contribution >= 4 is 11.8 Å². The van der Waals surface area contributed by atoms with Gasteiger partial charge in [0.05, 0.1) is 12.1 Å². The van der Waals surface area contributed by atoms with Crippen LogP contribution < -0.4 is 10.6 Å².